The molecule has 0 aliphatic heterocycles. The third-order valence-corrected chi connectivity index (χ3v) is 4.36. The van der Waals surface area contributed by atoms with Crippen LogP contribution >= 0.6 is 0 Å². The zero-order valence-electron chi connectivity index (χ0n) is 13.3. The molecule has 0 aromatic heterocycles. The molecule has 3 nitrogen and oxygen atoms in total. The number of rotatable bonds is 3. The first-order valence-electron chi connectivity index (χ1n) is 6.96. The van der Waals surface area contributed by atoms with Gasteiger partial charge in [0.2, 0.25) is 6.10 Å². The number of esters is 1. The summed E-state index contributed by atoms with van der Waals surface area (Å²) in [6, 6.07) is 0. The lowest BCUT2D eigenvalue weighted by Crippen LogP contribution is -2.54. The second kappa shape index (κ2) is 5.29. The highest BCUT2D eigenvalue weighted by Gasteiger charge is 2.57. The lowest BCUT2D eigenvalue weighted by Gasteiger charge is -2.49. The highest BCUT2D eigenvalue weighted by Crippen LogP contribution is 2.52. The molecular weight excluding hydrogens is 285 g/mol. The van der Waals surface area contributed by atoms with Crippen molar-refractivity contribution in [1.29, 1.82) is 0 Å². The minimum atomic E-state index is -4.61. The monoisotopic (exact) mass is 308 g/mol. The molecule has 3 atom stereocenters. The molecule has 122 valence electrons. The van der Waals surface area contributed by atoms with Crippen molar-refractivity contribution in [2.75, 3.05) is 0 Å². The normalized spacial score (nSPS) is 26.7. The fraction of sp³-hybridized carbons (Fsp3) is 0.867. The first-order valence-corrected chi connectivity index (χ1v) is 6.96. The summed E-state index contributed by atoms with van der Waals surface area (Å²) in [5, 5.41) is 0. The van der Waals surface area contributed by atoms with E-state index in [-0.39, 0.29) is 18.1 Å². The van der Waals surface area contributed by atoms with E-state index < -0.39 is 35.0 Å². The molecule has 6 heteroatoms. The number of hydrogen-bond donors (Lipinski definition) is 0. The average Bonchev–Trinajstić information content (AvgIpc) is 2.20. The van der Waals surface area contributed by atoms with Gasteiger partial charge in [-0.3, -0.25) is 9.59 Å². The summed E-state index contributed by atoms with van der Waals surface area (Å²) in [6.45, 7) is 9.00. The second-order valence-corrected chi connectivity index (χ2v) is 7.50. The van der Waals surface area contributed by atoms with Crippen molar-refractivity contribution in [2.45, 2.75) is 60.2 Å². The average molecular weight is 308 g/mol. The van der Waals surface area contributed by atoms with Crippen LogP contribution in [0.1, 0.15) is 48.0 Å². The Labute approximate surface area is 123 Å². The van der Waals surface area contributed by atoms with Gasteiger partial charge in [0.1, 0.15) is 5.78 Å². The van der Waals surface area contributed by atoms with Gasteiger partial charge in [0.25, 0.3) is 0 Å². The van der Waals surface area contributed by atoms with Crippen LogP contribution in [0.3, 0.4) is 0 Å². The lowest BCUT2D eigenvalue weighted by atomic mass is 9.53. The fourth-order valence-corrected chi connectivity index (χ4v) is 2.95. The van der Waals surface area contributed by atoms with E-state index in [0.29, 0.717) is 0 Å². The summed E-state index contributed by atoms with van der Waals surface area (Å²) in [5.41, 5.74) is -1.89. The SMILES string of the molecule is CC(=O)[C@@H]1C[C@H](C(=O)O[C@H](C(C)(C)C)C(F)(F)F)C1(C)C. The Morgan fingerprint density at radius 3 is 1.90 bits per heavy atom. The number of alkyl halides is 3. The highest BCUT2D eigenvalue weighted by atomic mass is 19.4. The van der Waals surface area contributed by atoms with Crippen LogP contribution in [0.4, 0.5) is 13.2 Å². The van der Waals surface area contributed by atoms with E-state index in [1.807, 2.05) is 0 Å². The largest absolute Gasteiger partial charge is 0.452 e. The van der Waals surface area contributed by atoms with Crippen molar-refractivity contribution < 1.29 is 27.5 Å². The predicted molar refractivity (Wildman–Crippen MR) is 71.4 cm³/mol. The Balaban J connectivity index is 2.85. The van der Waals surface area contributed by atoms with Crippen molar-refractivity contribution in [3.05, 3.63) is 0 Å². The van der Waals surface area contributed by atoms with Gasteiger partial charge in [-0.15, -0.1) is 0 Å². The Morgan fingerprint density at radius 2 is 1.62 bits per heavy atom. The Hall–Kier alpha value is -1.07. The minimum absolute atomic E-state index is 0.0488. The van der Waals surface area contributed by atoms with Crippen LogP contribution in [0, 0.1) is 22.7 Å². The third kappa shape index (κ3) is 3.58. The molecule has 1 fully saturated rings. The molecular formula is C15H23F3O3. The predicted octanol–water partition coefficient (Wildman–Crippen LogP) is 3.76. The maximum Gasteiger partial charge on any atom is 0.426 e. The molecule has 0 saturated heterocycles. The zero-order valence-corrected chi connectivity index (χ0v) is 13.3. The lowest BCUT2D eigenvalue weighted by molar-refractivity contribution is -0.251. The van der Waals surface area contributed by atoms with Gasteiger partial charge in [0.15, 0.2) is 0 Å². The number of ether oxygens (including phenoxy) is 1. The maximum atomic E-state index is 13.0. The van der Waals surface area contributed by atoms with Crippen LogP contribution in [0.2, 0.25) is 0 Å². The Morgan fingerprint density at radius 1 is 1.14 bits per heavy atom. The first kappa shape index (κ1) is 18.0. The maximum absolute atomic E-state index is 13.0. The van der Waals surface area contributed by atoms with Gasteiger partial charge >= 0.3 is 12.1 Å². The number of Topliss-reactive ketones (excluding diaryl/α,β-unsaturated/α-hetero) is 1. The quantitative estimate of drug-likeness (QED) is 0.746. The van der Waals surface area contributed by atoms with E-state index in [9.17, 15) is 22.8 Å². The molecule has 0 N–H and O–H groups in total. The molecule has 0 bridgehead atoms. The van der Waals surface area contributed by atoms with Gasteiger partial charge in [0, 0.05) is 11.3 Å². The molecule has 1 saturated carbocycles. The molecule has 1 rings (SSSR count). The van der Waals surface area contributed by atoms with Gasteiger partial charge in [-0.1, -0.05) is 34.6 Å². The van der Waals surface area contributed by atoms with Crippen LogP contribution in [0.5, 0.6) is 0 Å². The summed E-state index contributed by atoms with van der Waals surface area (Å²) in [4.78, 5) is 23.5. The topological polar surface area (TPSA) is 43.4 Å². The summed E-state index contributed by atoms with van der Waals surface area (Å²) >= 11 is 0. The molecule has 0 aromatic carbocycles. The van der Waals surface area contributed by atoms with Gasteiger partial charge in [-0.05, 0) is 18.8 Å². The standard InChI is InChI=1S/C15H23F3O3/c1-8(19)9-7-10(14(9,5)6)11(20)21-12(13(2,3)4)15(16,17)18/h9-10,12H,7H2,1-6H3/t9-,10+,12+/m0/s1. The van der Waals surface area contributed by atoms with E-state index in [0.717, 1.165) is 0 Å². The van der Waals surface area contributed by atoms with Crippen molar-refractivity contribution in [1.82, 2.24) is 0 Å². The summed E-state index contributed by atoms with van der Waals surface area (Å²) in [6.07, 6.45) is -6.50. The van der Waals surface area contributed by atoms with E-state index in [1.54, 1.807) is 13.8 Å². The molecule has 1 aliphatic rings. The summed E-state index contributed by atoms with van der Waals surface area (Å²) in [7, 11) is 0. The molecule has 0 unspecified atom stereocenters. The number of hydrogen-bond acceptors (Lipinski definition) is 3. The van der Waals surface area contributed by atoms with E-state index in [4.69, 9.17) is 4.74 Å². The molecule has 1 aliphatic carbocycles. The van der Waals surface area contributed by atoms with Crippen LogP contribution in [-0.4, -0.2) is 24.0 Å². The van der Waals surface area contributed by atoms with Crippen molar-refractivity contribution in [2.24, 2.45) is 22.7 Å². The molecule has 0 radical (unpaired) electrons. The van der Waals surface area contributed by atoms with Gasteiger partial charge in [0.05, 0.1) is 5.92 Å². The second-order valence-electron chi connectivity index (χ2n) is 7.50. The van der Waals surface area contributed by atoms with E-state index >= 15 is 0 Å². The third-order valence-electron chi connectivity index (χ3n) is 4.36. The number of halogens is 3. The minimum Gasteiger partial charge on any atom is -0.452 e. The van der Waals surface area contributed by atoms with Gasteiger partial charge in [-0.2, -0.15) is 13.2 Å². The molecule has 21 heavy (non-hydrogen) atoms. The molecule has 0 heterocycles. The first-order chi connectivity index (χ1) is 9.19. The van der Waals surface area contributed by atoms with Crippen LogP contribution in [-0.2, 0) is 14.3 Å². The van der Waals surface area contributed by atoms with Crippen molar-refractivity contribution in [3.63, 3.8) is 0 Å². The summed E-state index contributed by atoms with van der Waals surface area (Å²) < 4.78 is 43.9. The van der Waals surface area contributed by atoms with E-state index in [2.05, 4.69) is 0 Å². The Kier molecular flexibility index (Phi) is 4.53. The van der Waals surface area contributed by atoms with Crippen molar-refractivity contribution in [3.8, 4) is 0 Å². The molecule has 0 amide bonds. The van der Waals surface area contributed by atoms with Gasteiger partial charge < -0.3 is 4.74 Å². The van der Waals surface area contributed by atoms with Crippen molar-refractivity contribution >= 4 is 11.8 Å². The molecule has 0 spiro atoms. The highest BCUT2D eigenvalue weighted by molar-refractivity contribution is 5.85. The Bertz CT molecular complexity index is 418. The smallest absolute Gasteiger partial charge is 0.426 e. The number of carbonyl (C=O) groups is 2. The number of carbonyl (C=O) groups excluding carboxylic acids is 2. The van der Waals surface area contributed by atoms with Gasteiger partial charge in [-0.25, -0.2) is 0 Å². The van der Waals surface area contributed by atoms with E-state index in [1.165, 1.54) is 27.7 Å². The van der Waals surface area contributed by atoms with Crippen LogP contribution in [0.25, 0.3) is 0 Å². The number of ketones is 1. The van der Waals surface area contributed by atoms with Crippen LogP contribution in [0.15, 0.2) is 0 Å². The molecule has 0 aromatic rings. The fourth-order valence-electron chi connectivity index (χ4n) is 2.95. The zero-order chi connectivity index (χ0) is 16.8. The summed E-state index contributed by atoms with van der Waals surface area (Å²) in [5.74, 6) is -1.88. The van der Waals surface area contributed by atoms with Crippen LogP contribution < -0.4 is 0 Å².